The van der Waals surface area contributed by atoms with Crippen molar-refractivity contribution in [1.82, 2.24) is 4.90 Å². The van der Waals surface area contributed by atoms with Gasteiger partial charge in [-0.25, -0.2) is 0 Å². The summed E-state index contributed by atoms with van der Waals surface area (Å²) in [6, 6.07) is 0. The maximum absolute atomic E-state index is 11.1. The Morgan fingerprint density at radius 3 is 2.31 bits per heavy atom. The lowest BCUT2D eigenvalue weighted by Crippen LogP contribution is -2.51. The molecule has 0 amide bonds. The molecular weight excluding hydrogens is 186 g/mol. The third-order valence-electron chi connectivity index (χ3n) is 3.04. The van der Waals surface area contributed by atoms with Crippen LogP contribution in [0.4, 0.5) is 0 Å². The summed E-state index contributed by atoms with van der Waals surface area (Å²) in [6.07, 6.45) is 4.17. The molecule has 0 aromatic carbocycles. The highest BCUT2D eigenvalue weighted by atomic mass is 32.2. The topological polar surface area (TPSA) is 43.4 Å². The Hall–Kier alpha value is 0.0700. The number of rotatable bonds is 3. The van der Waals surface area contributed by atoms with Gasteiger partial charge in [0, 0.05) is 0 Å². The molecule has 2 unspecified atom stereocenters. The van der Waals surface area contributed by atoms with Crippen LogP contribution in [-0.2, 0) is 11.1 Å². The van der Waals surface area contributed by atoms with Gasteiger partial charge in [0.25, 0.3) is 0 Å². The van der Waals surface area contributed by atoms with E-state index in [1.54, 1.807) is 0 Å². The molecule has 0 spiro atoms. The molecule has 1 aliphatic heterocycles. The second-order valence-corrected chi connectivity index (χ2v) is 5.16. The zero-order valence-electron chi connectivity index (χ0n) is 8.41. The van der Waals surface area contributed by atoms with E-state index in [-0.39, 0.29) is 0 Å². The number of likely N-dealkylation sites (tertiary alicyclic amines) is 1. The lowest BCUT2D eigenvalue weighted by atomic mass is 10.1. The first-order valence-corrected chi connectivity index (χ1v) is 6.03. The fourth-order valence-corrected chi connectivity index (χ4v) is 2.44. The van der Waals surface area contributed by atoms with Crippen LogP contribution >= 0.6 is 0 Å². The molecule has 78 valence electrons. The third-order valence-corrected chi connectivity index (χ3v) is 4.31. The predicted molar refractivity (Wildman–Crippen MR) is 53.0 cm³/mol. The van der Waals surface area contributed by atoms with E-state index in [4.69, 9.17) is 0 Å². The van der Waals surface area contributed by atoms with E-state index >= 15 is 0 Å². The number of nitrogens with zero attached hydrogens (tertiary/aromatic N) is 1. The highest BCUT2D eigenvalue weighted by molar-refractivity contribution is 7.80. The fourth-order valence-electron chi connectivity index (χ4n) is 1.81. The molecule has 3 nitrogen and oxygen atoms in total. The molecule has 2 atom stereocenters. The summed E-state index contributed by atoms with van der Waals surface area (Å²) >= 11 is -1.99. The van der Waals surface area contributed by atoms with E-state index in [2.05, 4.69) is 4.90 Å². The first-order valence-electron chi connectivity index (χ1n) is 4.95. The van der Waals surface area contributed by atoms with Gasteiger partial charge in [-0.05, 0) is 50.4 Å². The van der Waals surface area contributed by atoms with Gasteiger partial charge in [-0.15, -0.1) is 0 Å². The minimum Gasteiger partial charge on any atom is -0.771 e. The maximum atomic E-state index is 11.1. The monoisotopic (exact) mass is 204 g/mol. The molecule has 1 saturated heterocycles. The molecule has 1 aliphatic rings. The van der Waals surface area contributed by atoms with E-state index in [1.165, 1.54) is 6.42 Å². The van der Waals surface area contributed by atoms with E-state index in [9.17, 15) is 8.76 Å². The molecule has 0 bridgehead atoms. The average Bonchev–Trinajstić information content (AvgIpc) is 2.17. The molecule has 4 heteroatoms. The summed E-state index contributed by atoms with van der Waals surface area (Å²) in [7, 11) is 0. The highest BCUT2D eigenvalue weighted by Gasteiger charge is 2.31. The van der Waals surface area contributed by atoms with Gasteiger partial charge in [-0.2, -0.15) is 0 Å². The van der Waals surface area contributed by atoms with Crippen molar-refractivity contribution in [2.24, 2.45) is 0 Å². The van der Waals surface area contributed by atoms with Gasteiger partial charge >= 0.3 is 0 Å². The third kappa shape index (κ3) is 2.30. The smallest absolute Gasteiger partial charge is 0.0806 e. The van der Waals surface area contributed by atoms with Crippen LogP contribution < -0.4 is 0 Å². The Labute approximate surface area is 82.8 Å². The molecular formula is C9H18NO2S-. The molecule has 0 saturated carbocycles. The largest absolute Gasteiger partial charge is 0.771 e. The highest BCUT2D eigenvalue weighted by Crippen LogP contribution is 2.26. The van der Waals surface area contributed by atoms with Gasteiger partial charge in [0.1, 0.15) is 0 Å². The minimum absolute atomic E-state index is 0.638. The summed E-state index contributed by atoms with van der Waals surface area (Å²) < 4.78 is 22.2. The Bertz CT molecular complexity index is 192. The minimum atomic E-state index is -1.99. The molecule has 0 aromatic heterocycles. The molecule has 1 heterocycles. The summed E-state index contributed by atoms with van der Waals surface area (Å²) in [4.78, 5) is 1.46. The summed E-state index contributed by atoms with van der Waals surface area (Å²) in [5, 5.41) is 0. The lowest BCUT2D eigenvalue weighted by molar-refractivity contribution is 0.135. The van der Waals surface area contributed by atoms with E-state index in [1.807, 2.05) is 13.8 Å². The van der Waals surface area contributed by atoms with Crippen LogP contribution in [0.1, 0.15) is 39.5 Å². The Balaban J connectivity index is 2.68. The van der Waals surface area contributed by atoms with Crippen molar-refractivity contribution in [2.45, 2.75) is 44.4 Å². The van der Waals surface area contributed by atoms with E-state index in [0.29, 0.717) is 6.42 Å². The Morgan fingerprint density at radius 2 is 1.92 bits per heavy atom. The molecule has 0 aromatic rings. The Kier molecular flexibility index (Phi) is 3.88. The van der Waals surface area contributed by atoms with Crippen LogP contribution in [0, 0.1) is 0 Å². The normalized spacial score (nSPS) is 26.7. The van der Waals surface area contributed by atoms with Crippen LogP contribution in [0.2, 0.25) is 0 Å². The second kappa shape index (κ2) is 4.53. The van der Waals surface area contributed by atoms with Crippen molar-refractivity contribution in [3.63, 3.8) is 0 Å². The van der Waals surface area contributed by atoms with Crippen molar-refractivity contribution in [3.05, 3.63) is 0 Å². The van der Waals surface area contributed by atoms with Crippen LogP contribution in [0.5, 0.6) is 0 Å². The van der Waals surface area contributed by atoms with Gasteiger partial charge in [0.05, 0.1) is 4.87 Å². The lowest BCUT2D eigenvalue weighted by Gasteiger charge is -2.44. The van der Waals surface area contributed by atoms with Crippen LogP contribution in [0.3, 0.4) is 0 Å². The van der Waals surface area contributed by atoms with Crippen molar-refractivity contribution in [2.75, 3.05) is 13.1 Å². The maximum Gasteiger partial charge on any atom is 0.0806 e. The van der Waals surface area contributed by atoms with Crippen molar-refractivity contribution in [3.8, 4) is 0 Å². The zero-order valence-corrected chi connectivity index (χ0v) is 9.23. The molecule has 0 aliphatic carbocycles. The molecule has 0 radical (unpaired) electrons. The SMILES string of the molecule is CCC(C)(N1CCCCC1)S(=O)[O-]. The number of piperidine rings is 1. The summed E-state index contributed by atoms with van der Waals surface area (Å²) in [6.45, 7) is 5.61. The molecule has 1 rings (SSSR count). The van der Waals surface area contributed by atoms with E-state index < -0.39 is 16.0 Å². The first-order chi connectivity index (χ1) is 6.11. The standard InChI is InChI=1S/C9H19NO2S/c1-3-9(2,13(11)12)10-7-5-4-6-8-10/h3-8H2,1-2H3,(H,11,12)/p-1. The van der Waals surface area contributed by atoms with Crippen LogP contribution in [0.15, 0.2) is 0 Å². The second-order valence-electron chi connectivity index (χ2n) is 3.81. The first kappa shape index (κ1) is 11.1. The van der Waals surface area contributed by atoms with Gasteiger partial charge < -0.3 is 4.55 Å². The fraction of sp³-hybridized carbons (Fsp3) is 1.00. The summed E-state index contributed by atoms with van der Waals surface area (Å²) in [5.74, 6) is 0. The predicted octanol–water partition coefficient (Wildman–Crippen LogP) is 1.48. The van der Waals surface area contributed by atoms with Gasteiger partial charge in [-0.1, -0.05) is 13.3 Å². The molecule has 13 heavy (non-hydrogen) atoms. The van der Waals surface area contributed by atoms with Crippen LogP contribution in [0.25, 0.3) is 0 Å². The number of hydrogen-bond acceptors (Lipinski definition) is 3. The van der Waals surface area contributed by atoms with Crippen molar-refractivity contribution >= 4 is 11.1 Å². The van der Waals surface area contributed by atoms with Crippen molar-refractivity contribution < 1.29 is 8.76 Å². The quantitative estimate of drug-likeness (QED) is 0.654. The molecule has 0 N–H and O–H groups in total. The van der Waals surface area contributed by atoms with Gasteiger partial charge in [0.2, 0.25) is 0 Å². The average molecular weight is 204 g/mol. The molecule has 1 fully saturated rings. The van der Waals surface area contributed by atoms with Gasteiger partial charge in [0.15, 0.2) is 0 Å². The van der Waals surface area contributed by atoms with Gasteiger partial charge in [-0.3, -0.25) is 9.11 Å². The zero-order chi connectivity index (χ0) is 9.90. The number of hydrogen-bond donors (Lipinski definition) is 0. The van der Waals surface area contributed by atoms with Crippen molar-refractivity contribution in [1.29, 1.82) is 0 Å². The van der Waals surface area contributed by atoms with E-state index in [0.717, 1.165) is 25.9 Å². The Morgan fingerprint density at radius 1 is 1.38 bits per heavy atom. The van der Waals surface area contributed by atoms with Crippen LogP contribution in [-0.4, -0.2) is 31.6 Å². The summed E-state index contributed by atoms with van der Waals surface area (Å²) in [5.41, 5.74) is 0.